The molecule has 0 aliphatic rings. The quantitative estimate of drug-likeness (QED) is 0.0655. The van der Waals surface area contributed by atoms with E-state index >= 15 is 0 Å². The number of hydrogen-bond acceptors (Lipinski definition) is 13. The van der Waals surface area contributed by atoms with Crippen LogP contribution in [0.25, 0.3) is 0 Å². The Labute approximate surface area is 325 Å². The van der Waals surface area contributed by atoms with Crippen LogP contribution in [0.4, 0.5) is 22.7 Å². The van der Waals surface area contributed by atoms with E-state index in [0.29, 0.717) is 67.3 Å². The molecule has 286 valence electrons. The molecule has 6 rings (SSSR count). The molecule has 0 amide bonds. The summed E-state index contributed by atoms with van der Waals surface area (Å²) in [6.45, 7) is 7.87. The first-order valence-corrected chi connectivity index (χ1v) is 18.1. The summed E-state index contributed by atoms with van der Waals surface area (Å²) < 4.78 is 28.5. The summed E-state index contributed by atoms with van der Waals surface area (Å²) in [4.78, 5) is 47.9. The molecule has 0 aliphatic heterocycles. The molecule has 0 N–H and O–H groups in total. The summed E-state index contributed by atoms with van der Waals surface area (Å²) in [5, 5.41) is 0. The van der Waals surface area contributed by atoms with Crippen molar-refractivity contribution in [2.75, 3.05) is 36.7 Å². The van der Waals surface area contributed by atoms with E-state index in [1.54, 1.807) is 68.3 Å². The third kappa shape index (κ3) is 9.55. The van der Waals surface area contributed by atoms with Crippen LogP contribution >= 0.6 is 0 Å². The molecule has 0 aliphatic carbocycles. The maximum absolute atomic E-state index is 13.6. The van der Waals surface area contributed by atoms with Crippen LogP contribution in [0.1, 0.15) is 52.6 Å². The molecule has 0 saturated heterocycles. The topological polar surface area (TPSA) is 138 Å². The molecule has 2 heterocycles. The minimum Gasteiger partial charge on any atom is -0.493 e. The molecule has 13 nitrogen and oxygen atoms in total. The highest BCUT2D eigenvalue weighted by Gasteiger charge is 2.21. The minimum absolute atomic E-state index is 0.183. The van der Waals surface area contributed by atoms with Gasteiger partial charge >= 0.3 is 11.9 Å². The van der Waals surface area contributed by atoms with Gasteiger partial charge in [-0.25, -0.2) is 29.5 Å². The van der Waals surface area contributed by atoms with Crippen LogP contribution in [0, 0.1) is 0 Å². The fourth-order valence-corrected chi connectivity index (χ4v) is 5.96. The van der Waals surface area contributed by atoms with Crippen molar-refractivity contribution in [3.05, 3.63) is 145 Å². The van der Waals surface area contributed by atoms with E-state index in [1.165, 1.54) is 12.7 Å². The summed E-state index contributed by atoms with van der Waals surface area (Å²) in [5.74, 6) is 0.755. The molecule has 2 aromatic heterocycles. The zero-order chi connectivity index (χ0) is 39.3. The summed E-state index contributed by atoms with van der Waals surface area (Å²) in [7, 11) is 1.58. The second-order valence-corrected chi connectivity index (χ2v) is 12.2. The van der Waals surface area contributed by atoms with Crippen LogP contribution in [-0.2, 0) is 17.8 Å². The highest BCUT2D eigenvalue weighted by Crippen LogP contribution is 2.38. The molecular formula is C43H42N6O7. The standard InChI is InChI=1S/C43H42N6O7/c1-5-53-38-16-14-36(20-40(38)52-4)48(26-30-22-44-28-45-23-30)34-12-8-10-32(18-34)42(50)56-43(51)33-11-9-13-35(19-33)49(27-31-24-46-29-47-25-31)37-15-17-39(54-6-2)41(21-37)55-7-3/h8-25,28-29H,5-7,26-27H2,1-4H3. The number of ether oxygens (including phenoxy) is 5. The van der Waals surface area contributed by atoms with Gasteiger partial charge in [0.05, 0.1) is 51.1 Å². The number of rotatable bonds is 17. The van der Waals surface area contributed by atoms with Crippen molar-refractivity contribution < 1.29 is 33.3 Å². The van der Waals surface area contributed by atoms with Gasteiger partial charge in [0.15, 0.2) is 23.0 Å². The molecule has 56 heavy (non-hydrogen) atoms. The SMILES string of the molecule is CCOc1ccc(N(Cc2cncnc2)c2cccc(C(=O)OC(=O)c3cccc(N(Cc4cncnc4)c4ccc(OCC)c(OCC)c4)c3)c2)cc1OC. The normalized spacial score (nSPS) is 10.6. The van der Waals surface area contributed by atoms with Crippen molar-refractivity contribution in [3.8, 4) is 23.0 Å². The largest absolute Gasteiger partial charge is 0.493 e. The van der Waals surface area contributed by atoms with Crippen LogP contribution in [0.2, 0.25) is 0 Å². The van der Waals surface area contributed by atoms with E-state index in [1.807, 2.05) is 79.1 Å². The van der Waals surface area contributed by atoms with Crippen LogP contribution in [0.5, 0.6) is 23.0 Å². The lowest BCUT2D eigenvalue weighted by molar-refractivity contribution is 0.0397. The van der Waals surface area contributed by atoms with Crippen molar-refractivity contribution >= 4 is 34.7 Å². The van der Waals surface area contributed by atoms with Gasteiger partial charge in [-0.05, 0) is 81.4 Å². The van der Waals surface area contributed by atoms with E-state index in [-0.39, 0.29) is 11.1 Å². The molecular weight excluding hydrogens is 713 g/mol. The van der Waals surface area contributed by atoms with Gasteiger partial charge in [-0.1, -0.05) is 12.1 Å². The van der Waals surface area contributed by atoms with Gasteiger partial charge in [0.25, 0.3) is 0 Å². The average Bonchev–Trinajstić information content (AvgIpc) is 3.24. The van der Waals surface area contributed by atoms with Crippen molar-refractivity contribution in [2.45, 2.75) is 33.9 Å². The number of hydrogen-bond donors (Lipinski definition) is 0. The number of carbonyl (C=O) groups is 2. The maximum Gasteiger partial charge on any atom is 0.346 e. The zero-order valence-corrected chi connectivity index (χ0v) is 31.6. The number of aromatic nitrogens is 4. The number of carbonyl (C=O) groups excluding carboxylic acids is 2. The van der Waals surface area contributed by atoms with E-state index < -0.39 is 11.9 Å². The molecule has 0 atom stereocenters. The zero-order valence-electron chi connectivity index (χ0n) is 31.6. The Morgan fingerprint density at radius 3 is 1.38 bits per heavy atom. The van der Waals surface area contributed by atoms with Gasteiger partial charge in [0, 0.05) is 70.8 Å². The lowest BCUT2D eigenvalue weighted by atomic mass is 10.1. The molecule has 0 fully saturated rings. The molecule has 13 heteroatoms. The summed E-state index contributed by atoms with van der Waals surface area (Å²) in [5.41, 5.74) is 4.89. The number of methoxy groups -OCH3 is 1. The Morgan fingerprint density at radius 2 is 0.929 bits per heavy atom. The van der Waals surface area contributed by atoms with Crippen LogP contribution in [0.15, 0.2) is 122 Å². The Hall–Kier alpha value is -7.02. The second-order valence-electron chi connectivity index (χ2n) is 12.2. The lowest BCUT2D eigenvalue weighted by Crippen LogP contribution is -2.19. The minimum atomic E-state index is -0.805. The first-order valence-electron chi connectivity index (χ1n) is 18.1. The van der Waals surface area contributed by atoms with Crippen LogP contribution in [0.3, 0.4) is 0 Å². The molecule has 0 radical (unpaired) electrons. The fourth-order valence-electron chi connectivity index (χ4n) is 5.96. The Balaban J connectivity index is 1.27. The molecule has 4 aromatic carbocycles. The summed E-state index contributed by atoms with van der Waals surface area (Å²) in [6.07, 6.45) is 9.83. The smallest absolute Gasteiger partial charge is 0.346 e. The molecule has 0 unspecified atom stereocenters. The van der Waals surface area contributed by atoms with E-state index in [0.717, 1.165) is 22.5 Å². The fraction of sp³-hybridized carbons (Fsp3) is 0.209. The van der Waals surface area contributed by atoms with Gasteiger partial charge in [-0.2, -0.15) is 0 Å². The number of anilines is 4. The number of nitrogens with zero attached hydrogens (tertiary/aromatic N) is 6. The molecule has 0 saturated carbocycles. The van der Waals surface area contributed by atoms with E-state index in [9.17, 15) is 9.59 Å². The maximum atomic E-state index is 13.6. The highest BCUT2D eigenvalue weighted by atomic mass is 16.6. The third-order valence-electron chi connectivity index (χ3n) is 8.48. The predicted molar refractivity (Wildman–Crippen MR) is 211 cm³/mol. The van der Waals surface area contributed by atoms with Crippen molar-refractivity contribution in [2.24, 2.45) is 0 Å². The molecule has 0 spiro atoms. The van der Waals surface area contributed by atoms with Gasteiger partial charge in [-0.3, -0.25) is 0 Å². The second kappa shape index (κ2) is 18.8. The van der Waals surface area contributed by atoms with Gasteiger partial charge in [0.2, 0.25) is 0 Å². The predicted octanol–water partition coefficient (Wildman–Crippen LogP) is 8.15. The summed E-state index contributed by atoms with van der Waals surface area (Å²) >= 11 is 0. The van der Waals surface area contributed by atoms with Crippen molar-refractivity contribution in [1.82, 2.24) is 19.9 Å². The van der Waals surface area contributed by atoms with E-state index in [4.69, 9.17) is 23.7 Å². The Bertz CT molecular complexity index is 2240. The van der Waals surface area contributed by atoms with Gasteiger partial charge in [-0.15, -0.1) is 0 Å². The Morgan fingerprint density at radius 1 is 0.518 bits per heavy atom. The highest BCUT2D eigenvalue weighted by molar-refractivity contribution is 6.03. The van der Waals surface area contributed by atoms with Gasteiger partial charge < -0.3 is 33.5 Å². The number of benzene rings is 4. The van der Waals surface area contributed by atoms with Gasteiger partial charge in [0.1, 0.15) is 12.7 Å². The lowest BCUT2D eigenvalue weighted by Gasteiger charge is -2.26. The molecule has 0 bridgehead atoms. The van der Waals surface area contributed by atoms with E-state index in [2.05, 4.69) is 19.9 Å². The first-order chi connectivity index (χ1) is 27.4. The number of esters is 2. The Kier molecular flexibility index (Phi) is 13.0. The van der Waals surface area contributed by atoms with Crippen LogP contribution < -0.4 is 28.7 Å². The average molecular weight is 755 g/mol. The van der Waals surface area contributed by atoms with Crippen LogP contribution in [-0.4, -0.2) is 58.8 Å². The van der Waals surface area contributed by atoms with Crippen molar-refractivity contribution in [1.29, 1.82) is 0 Å². The monoisotopic (exact) mass is 754 g/mol. The third-order valence-corrected chi connectivity index (χ3v) is 8.48. The first kappa shape index (κ1) is 38.7. The summed E-state index contributed by atoms with van der Waals surface area (Å²) in [6, 6.07) is 25.0. The van der Waals surface area contributed by atoms with Crippen molar-refractivity contribution in [3.63, 3.8) is 0 Å². The molecule has 6 aromatic rings.